The topological polar surface area (TPSA) is 147 Å². The predicted molar refractivity (Wildman–Crippen MR) is 80.9 cm³/mol. The molecule has 0 aromatic carbocycles. The van der Waals surface area contributed by atoms with E-state index in [1.807, 2.05) is 0 Å². The first-order valence-electron chi connectivity index (χ1n) is 6.93. The Morgan fingerprint density at radius 2 is 1.96 bits per heavy atom. The molecule has 0 bridgehead atoms. The maximum absolute atomic E-state index is 12.1. The number of nitrogens with zero attached hydrogens (tertiary/aromatic N) is 1. The highest BCUT2D eigenvalue weighted by atomic mass is 16.5. The minimum absolute atomic E-state index is 0.0657. The molecule has 1 heterocycles. The van der Waals surface area contributed by atoms with E-state index in [2.05, 4.69) is 25.7 Å². The van der Waals surface area contributed by atoms with Gasteiger partial charge in [-0.05, 0) is 12.1 Å². The fourth-order valence-electron chi connectivity index (χ4n) is 1.69. The summed E-state index contributed by atoms with van der Waals surface area (Å²) in [5.41, 5.74) is 0.536. The van der Waals surface area contributed by atoms with E-state index in [1.165, 1.54) is 6.20 Å². The van der Waals surface area contributed by atoms with Crippen molar-refractivity contribution in [1.82, 2.24) is 20.9 Å². The largest absolute Gasteiger partial charge is 0.480 e. The van der Waals surface area contributed by atoms with Crippen molar-refractivity contribution in [3.05, 3.63) is 30.1 Å². The summed E-state index contributed by atoms with van der Waals surface area (Å²) in [7, 11) is 1.15. The highest BCUT2D eigenvalue weighted by Crippen LogP contribution is 2.00. The number of rotatable bonds is 8. The molecule has 1 rings (SSSR count). The number of hydrogen-bond acceptors (Lipinski definition) is 6. The molecule has 130 valence electrons. The summed E-state index contributed by atoms with van der Waals surface area (Å²) in [6.07, 6.45) is 0.806. The first kappa shape index (κ1) is 18.9. The summed E-state index contributed by atoms with van der Waals surface area (Å²) in [6, 6.07) is 4.04. The highest BCUT2D eigenvalue weighted by molar-refractivity contribution is 5.90. The zero-order valence-electron chi connectivity index (χ0n) is 12.9. The van der Waals surface area contributed by atoms with Crippen LogP contribution in [-0.4, -0.2) is 60.2 Å². The third-order valence-corrected chi connectivity index (χ3v) is 2.78. The Balaban J connectivity index is 2.69. The molecule has 1 aromatic heterocycles. The van der Waals surface area contributed by atoms with Gasteiger partial charge in [0, 0.05) is 18.3 Å². The Morgan fingerprint density at radius 3 is 2.54 bits per heavy atom. The number of aromatic nitrogens is 1. The van der Waals surface area contributed by atoms with Crippen LogP contribution >= 0.6 is 0 Å². The van der Waals surface area contributed by atoms with Gasteiger partial charge < -0.3 is 25.8 Å². The lowest BCUT2D eigenvalue weighted by molar-refractivity contribution is -0.138. The van der Waals surface area contributed by atoms with Gasteiger partial charge in [-0.2, -0.15) is 0 Å². The van der Waals surface area contributed by atoms with Crippen molar-refractivity contribution in [1.29, 1.82) is 0 Å². The summed E-state index contributed by atoms with van der Waals surface area (Å²) in [5, 5.41) is 15.4. The van der Waals surface area contributed by atoms with Crippen molar-refractivity contribution in [3.63, 3.8) is 0 Å². The first-order chi connectivity index (χ1) is 11.4. The minimum atomic E-state index is -1.21. The Kier molecular flexibility index (Phi) is 7.68. The smallest absolute Gasteiger partial charge is 0.407 e. The van der Waals surface area contributed by atoms with Crippen molar-refractivity contribution < 1.29 is 29.0 Å². The average Bonchev–Trinajstić information content (AvgIpc) is 2.57. The van der Waals surface area contributed by atoms with Gasteiger partial charge >= 0.3 is 12.1 Å². The van der Waals surface area contributed by atoms with Crippen molar-refractivity contribution >= 4 is 23.9 Å². The van der Waals surface area contributed by atoms with E-state index in [0.29, 0.717) is 5.69 Å². The lowest BCUT2D eigenvalue weighted by Crippen LogP contribution is -2.51. The number of carbonyl (C=O) groups is 4. The van der Waals surface area contributed by atoms with Crippen LogP contribution in [0.4, 0.5) is 4.79 Å². The zero-order valence-corrected chi connectivity index (χ0v) is 12.9. The van der Waals surface area contributed by atoms with Crippen molar-refractivity contribution in [2.75, 3.05) is 20.2 Å². The molecule has 0 aliphatic carbocycles. The van der Waals surface area contributed by atoms with Gasteiger partial charge in [-0.1, -0.05) is 6.07 Å². The number of methoxy groups -OCH3 is 1. The molecule has 1 aromatic rings. The van der Waals surface area contributed by atoms with Crippen LogP contribution in [0.25, 0.3) is 0 Å². The number of ether oxygens (including phenoxy) is 1. The Bertz CT molecular complexity index is 592. The van der Waals surface area contributed by atoms with Crippen LogP contribution in [-0.2, 0) is 25.5 Å². The minimum Gasteiger partial charge on any atom is -0.480 e. The SMILES string of the molecule is COC(=O)NCC(=O)NC(Cc1ccccn1)C(=O)NCC(=O)O. The van der Waals surface area contributed by atoms with Gasteiger partial charge in [0.05, 0.1) is 7.11 Å². The lowest BCUT2D eigenvalue weighted by Gasteiger charge is -2.18. The average molecular weight is 338 g/mol. The number of alkyl carbamates (subject to hydrolysis) is 1. The molecule has 0 saturated heterocycles. The molecule has 0 saturated carbocycles. The van der Waals surface area contributed by atoms with E-state index in [0.717, 1.165) is 7.11 Å². The molecular formula is C14H18N4O6. The number of nitrogens with one attached hydrogen (secondary N) is 3. The van der Waals surface area contributed by atoms with Crippen molar-refractivity contribution in [2.45, 2.75) is 12.5 Å². The lowest BCUT2D eigenvalue weighted by atomic mass is 10.1. The van der Waals surface area contributed by atoms with Crippen molar-refractivity contribution in [3.8, 4) is 0 Å². The fourth-order valence-corrected chi connectivity index (χ4v) is 1.69. The van der Waals surface area contributed by atoms with Crippen LogP contribution < -0.4 is 16.0 Å². The quantitative estimate of drug-likeness (QED) is 0.459. The number of carboxylic acids is 1. The molecule has 1 atom stereocenters. The van der Waals surface area contributed by atoms with Crippen LogP contribution in [0.1, 0.15) is 5.69 Å². The molecule has 10 nitrogen and oxygen atoms in total. The highest BCUT2D eigenvalue weighted by Gasteiger charge is 2.22. The molecule has 0 radical (unpaired) electrons. The number of carboxylic acid groups (broad SMARTS) is 1. The normalized spacial score (nSPS) is 11.0. The fraction of sp³-hybridized carbons (Fsp3) is 0.357. The van der Waals surface area contributed by atoms with Gasteiger partial charge in [-0.15, -0.1) is 0 Å². The Morgan fingerprint density at radius 1 is 1.21 bits per heavy atom. The molecular weight excluding hydrogens is 320 g/mol. The summed E-state index contributed by atoms with van der Waals surface area (Å²) < 4.78 is 4.33. The molecule has 0 aliphatic rings. The second kappa shape index (κ2) is 9.77. The first-order valence-corrected chi connectivity index (χ1v) is 6.93. The number of hydrogen-bond donors (Lipinski definition) is 4. The monoisotopic (exact) mass is 338 g/mol. The van der Waals surface area contributed by atoms with E-state index in [9.17, 15) is 19.2 Å². The molecule has 0 aliphatic heterocycles. The summed E-state index contributed by atoms with van der Waals surface area (Å²) in [6.45, 7) is -0.967. The molecule has 0 fully saturated rings. The Hall–Kier alpha value is -3.17. The molecule has 10 heteroatoms. The summed E-state index contributed by atoms with van der Waals surface area (Å²) in [4.78, 5) is 49.4. The molecule has 24 heavy (non-hydrogen) atoms. The van der Waals surface area contributed by atoms with Crippen LogP contribution in [0, 0.1) is 0 Å². The maximum Gasteiger partial charge on any atom is 0.407 e. The van der Waals surface area contributed by atoms with E-state index >= 15 is 0 Å². The van der Waals surface area contributed by atoms with E-state index in [1.54, 1.807) is 18.2 Å². The van der Waals surface area contributed by atoms with Gasteiger partial charge in [0.1, 0.15) is 19.1 Å². The van der Waals surface area contributed by atoms with E-state index in [4.69, 9.17) is 5.11 Å². The number of amides is 3. The number of carbonyl (C=O) groups excluding carboxylic acids is 3. The maximum atomic E-state index is 12.1. The van der Waals surface area contributed by atoms with Gasteiger partial charge in [-0.25, -0.2) is 4.79 Å². The van der Waals surface area contributed by atoms with Crippen molar-refractivity contribution in [2.24, 2.45) is 0 Å². The molecule has 4 N–H and O–H groups in total. The van der Waals surface area contributed by atoms with Crippen LogP contribution in [0.5, 0.6) is 0 Å². The van der Waals surface area contributed by atoms with Gasteiger partial charge in [0.15, 0.2) is 0 Å². The van der Waals surface area contributed by atoms with Gasteiger partial charge in [-0.3, -0.25) is 19.4 Å². The van der Waals surface area contributed by atoms with Crippen LogP contribution in [0.15, 0.2) is 24.4 Å². The molecule has 3 amide bonds. The van der Waals surface area contributed by atoms with Crippen LogP contribution in [0.2, 0.25) is 0 Å². The molecule has 1 unspecified atom stereocenters. The second-order valence-electron chi connectivity index (χ2n) is 4.60. The summed E-state index contributed by atoms with van der Waals surface area (Å²) >= 11 is 0. The standard InChI is InChI=1S/C14H18N4O6/c1-24-14(23)17-7-11(19)18-10(13(22)16-8-12(20)21)6-9-4-2-3-5-15-9/h2-5,10H,6-8H2,1H3,(H,16,22)(H,17,23)(H,18,19)(H,20,21). The Labute approximate surface area is 137 Å². The number of pyridine rings is 1. The van der Waals surface area contributed by atoms with Crippen LogP contribution in [0.3, 0.4) is 0 Å². The van der Waals surface area contributed by atoms with E-state index < -0.39 is 43.0 Å². The molecule has 0 spiro atoms. The number of aliphatic carboxylic acids is 1. The predicted octanol–water partition coefficient (Wildman–Crippen LogP) is -1.33. The third kappa shape index (κ3) is 7.20. The van der Waals surface area contributed by atoms with Gasteiger partial charge in [0.25, 0.3) is 0 Å². The van der Waals surface area contributed by atoms with E-state index in [-0.39, 0.29) is 6.42 Å². The van der Waals surface area contributed by atoms with Gasteiger partial charge in [0.2, 0.25) is 11.8 Å². The zero-order chi connectivity index (χ0) is 17.9. The third-order valence-electron chi connectivity index (χ3n) is 2.78. The second-order valence-corrected chi connectivity index (χ2v) is 4.60. The summed E-state index contributed by atoms with van der Waals surface area (Å²) in [5.74, 6) is -2.51.